The number of aryl methyl sites for hydroxylation is 1. The normalized spacial score (nSPS) is 14.8. The molecule has 57 heavy (non-hydrogen) atoms. The van der Waals surface area contributed by atoms with Crippen molar-refractivity contribution in [3.63, 3.8) is 0 Å². The van der Waals surface area contributed by atoms with E-state index >= 15 is 0 Å². The lowest BCUT2D eigenvalue weighted by molar-refractivity contribution is 0.590. The van der Waals surface area contributed by atoms with Crippen molar-refractivity contribution >= 4 is 89.1 Å². The van der Waals surface area contributed by atoms with Crippen LogP contribution in [0.25, 0.3) is 53.5 Å². The number of para-hydroxylation sites is 1. The molecule has 0 fully saturated rings. The van der Waals surface area contributed by atoms with Crippen molar-refractivity contribution in [2.45, 2.75) is 62.2 Å². The highest BCUT2D eigenvalue weighted by Gasteiger charge is 2.45. The molecule has 0 bridgehead atoms. The fourth-order valence-corrected chi connectivity index (χ4v) is 12.9. The molecule has 0 amide bonds. The standard InChI is InChI=1S/C52H41BN2S2/c1-30-25-37-33-18-14-19-35-47-34-17-10-12-21-44(34)57-50(47)55(49(33)35)53-40-29-46-39(52(5,6)38-20-11-13-22-45(38)56-46)28-42(40)54(43(26-30)48(37)53)41-24-23-32(51(2,3)4)27-36(41)31-15-8-7-9-16-31/h7-29H,1-6H3. The van der Waals surface area contributed by atoms with E-state index in [1.165, 1.54) is 113 Å². The molecule has 0 atom stereocenters. The molecule has 12 rings (SSSR count). The molecule has 3 aliphatic rings. The summed E-state index contributed by atoms with van der Waals surface area (Å²) in [6.45, 7) is 14.1. The van der Waals surface area contributed by atoms with E-state index in [-0.39, 0.29) is 17.7 Å². The van der Waals surface area contributed by atoms with Gasteiger partial charge >= 0.3 is 6.85 Å². The summed E-state index contributed by atoms with van der Waals surface area (Å²) in [6.07, 6.45) is 0. The number of thiophene rings is 1. The molecule has 0 saturated carbocycles. The maximum absolute atomic E-state index is 2.74. The van der Waals surface area contributed by atoms with Crippen LogP contribution in [-0.4, -0.2) is 11.3 Å². The third-order valence-corrected chi connectivity index (χ3v) is 15.3. The highest BCUT2D eigenvalue weighted by Crippen LogP contribution is 2.54. The van der Waals surface area contributed by atoms with Gasteiger partial charge in [-0.2, -0.15) is 0 Å². The van der Waals surface area contributed by atoms with Crippen LogP contribution in [0.2, 0.25) is 0 Å². The minimum absolute atomic E-state index is 0.00228. The van der Waals surface area contributed by atoms with E-state index in [0.29, 0.717) is 0 Å². The molecule has 0 spiro atoms. The predicted octanol–water partition coefficient (Wildman–Crippen LogP) is 13.5. The van der Waals surface area contributed by atoms with Gasteiger partial charge in [0, 0.05) is 64.1 Å². The Bertz CT molecular complexity index is 3200. The van der Waals surface area contributed by atoms with Crippen LogP contribution in [0, 0.1) is 6.92 Å². The zero-order valence-corrected chi connectivity index (χ0v) is 34.7. The van der Waals surface area contributed by atoms with Crippen LogP contribution < -0.4 is 15.8 Å². The molecule has 2 nitrogen and oxygen atoms in total. The van der Waals surface area contributed by atoms with E-state index in [2.05, 4.69) is 190 Å². The molecule has 5 heteroatoms. The van der Waals surface area contributed by atoms with Crippen molar-refractivity contribution in [2.75, 3.05) is 4.90 Å². The molecule has 0 unspecified atom stereocenters. The fraction of sp³-hybridized carbons (Fsp3) is 0.154. The number of aromatic nitrogens is 1. The Morgan fingerprint density at radius 3 is 2.23 bits per heavy atom. The zero-order chi connectivity index (χ0) is 38.5. The average molecular weight is 769 g/mol. The number of nitrogens with zero attached hydrogens (tertiary/aromatic N) is 2. The minimum Gasteiger partial charge on any atom is -0.367 e. The first kappa shape index (κ1) is 33.6. The monoisotopic (exact) mass is 768 g/mol. The molecule has 9 aromatic rings. The Labute approximate surface area is 342 Å². The zero-order valence-electron chi connectivity index (χ0n) is 33.1. The van der Waals surface area contributed by atoms with Crippen molar-refractivity contribution < 1.29 is 0 Å². The van der Waals surface area contributed by atoms with Gasteiger partial charge in [0.15, 0.2) is 0 Å². The predicted molar refractivity (Wildman–Crippen MR) is 247 cm³/mol. The second-order valence-corrected chi connectivity index (χ2v) is 19.9. The maximum atomic E-state index is 2.74. The molecule has 5 heterocycles. The van der Waals surface area contributed by atoms with Crippen LogP contribution in [0.1, 0.15) is 56.9 Å². The van der Waals surface area contributed by atoms with Gasteiger partial charge in [0.05, 0.1) is 10.5 Å². The van der Waals surface area contributed by atoms with Crippen molar-refractivity contribution in [1.29, 1.82) is 0 Å². The second kappa shape index (κ2) is 11.6. The van der Waals surface area contributed by atoms with E-state index in [0.717, 1.165) is 0 Å². The molecule has 0 N–H and O–H groups in total. The summed E-state index contributed by atoms with van der Waals surface area (Å²) in [4.78, 5) is 6.71. The number of benzene rings is 7. The van der Waals surface area contributed by atoms with Gasteiger partial charge < -0.3 is 9.38 Å². The Morgan fingerprint density at radius 1 is 0.614 bits per heavy atom. The van der Waals surface area contributed by atoms with Crippen molar-refractivity contribution in [2.24, 2.45) is 0 Å². The minimum atomic E-state index is -0.174. The van der Waals surface area contributed by atoms with Gasteiger partial charge in [-0.15, -0.1) is 11.3 Å². The van der Waals surface area contributed by atoms with Crippen LogP contribution in [0.3, 0.4) is 0 Å². The number of fused-ring (bicyclic) bond motifs is 11. The SMILES string of the molecule is Cc1cc2c3c(c1)N(c1ccc(C(C)(C)C)cc1-c1ccccc1)c1cc4c(cc1B3n1c3sc5ccccc5c3c3cccc-2c31)Sc1ccccc1C4(C)C. The number of hydrogen-bond donors (Lipinski definition) is 0. The van der Waals surface area contributed by atoms with Crippen LogP contribution in [0.15, 0.2) is 149 Å². The Morgan fingerprint density at radius 2 is 1.39 bits per heavy atom. The molecule has 0 saturated heterocycles. The van der Waals surface area contributed by atoms with Gasteiger partial charge in [-0.25, -0.2) is 0 Å². The van der Waals surface area contributed by atoms with Gasteiger partial charge in [0.2, 0.25) is 0 Å². The first-order valence-corrected chi connectivity index (χ1v) is 21.8. The third kappa shape index (κ3) is 4.56. The largest absolute Gasteiger partial charge is 0.367 e. The smallest absolute Gasteiger partial charge is 0.333 e. The molecular weight excluding hydrogens is 728 g/mol. The van der Waals surface area contributed by atoms with E-state index in [1.807, 2.05) is 23.1 Å². The quantitative estimate of drug-likeness (QED) is 0.162. The average Bonchev–Trinajstić information content (AvgIpc) is 3.74. The van der Waals surface area contributed by atoms with Gasteiger partial charge in [0.1, 0.15) is 0 Å². The van der Waals surface area contributed by atoms with Crippen LogP contribution >= 0.6 is 23.1 Å². The topological polar surface area (TPSA) is 8.17 Å². The third-order valence-electron chi connectivity index (χ3n) is 13.0. The van der Waals surface area contributed by atoms with Gasteiger partial charge in [0.25, 0.3) is 0 Å². The summed E-state index contributed by atoms with van der Waals surface area (Å²) in [6, 6.07) is 53.4. The van der Waals surface area contributed by atoms with Gasteiger partial charge in [-0.05, 0) is 99.1 Å². The van der Waals surface area contributed by atoms with E-state index in [1.54, 1.807) is 0 Å². The summed E-state index contributed by atoms with van der Waals surface area (Å²) in [5.74, 6) is 0. The number of hydrogen-bond acceptors (Lipinski definition) is 3. The lowest BCUT2D eigenvalue weighted by atomic mass is 9.45. The Kier molecular flexibility index (Phi) is 6.82. The second-order valence-electron chi connectivity index (χ2n) is 17.8. The molecule has 0 radical (unpaired) electrons. The molecule has 0 aliphatic carbocycles. The highest BCUT2D eigenvalue weighted by atomic mass is 32.2. The van der Waals surface area contributed by atoms with Crippen LogP contribution in [-0.2, 0) is 10.8 Å². The van der Waals surface area contributed by atoms with E-state index < -0.39 is 0 Å². The van der Waals surface area contributed by atoms with Gasteiger partial charge in [-0.1, -0.05) is 143 Å². The van der Waals surface area contributed by atoms with Crippen LogP contribution in [0.4, 0.5) is 17.1 Å². The van der Waals surface area contributed by atoms with Crippen molar-refractivity contribution in [3.05, 3.63) is 162 Å². The number of anilines is 3. The molecule has 7 aromatic carbocycles. The van der Waals surface area contributed by atoms with E-state index in [4.69, 9.17) is 0 Å². The van der Waals surface area contributed by atoms with E-state index in [9.17, 15) is 0 Å². The summed E-state index contributed by atoms with van der Waals surface area (Å²) in [7, 11) is 0. The Balaban J connectivity index is 1.24. The fourth-order valence-electron chi connectivity index (χ4n) is 10.3. The number of rotatable bonds is 2. The summed E-state index contributed by atoms with van der Waals surface area (Å²) >= 11 is 3.89. The Hall–Kier alpha value is -5.49. The molecule has 3 aliphatic heterocycles. The lowest BCUT2D eigenvalue weighted by Gasteiger charge is -2.43. The first-order valence-electron chi connectivity index (χ1n) is 20.1. The van der Waals surface area contributed by atoms with Gasteiger partial charge in [-0.3, -0.25) is 0 Å². The highest BCUT2D eigenvalue weighted by molar-refractivity contribution is 7.99. The first-order chi connectivity index (χ1) is 27.6. The van der Waals surface area contributed by atoms with Crippen molar-refractivity contribution in [3.8, 4) is 22.3 Å². The lowest BCUT2D eigenvalue weighted by Crippen LogP contribution is -2.57. The molecular formula is C52H41BN2S2. The molecule has 2 aromatic heterocycles. The summed E-state index contributed by atoms with van der Waals surface area (Å²) < 4.78 is 4.08. The maximum Gasteiger partial charge on any atom is 0.333 e. The molecule has 274 valence electrons. The summed E-state index contributed by atoms with van der Waals surface area (Å²) in [5, 5.41) is 4.09. The van der Waals surface area contributed by atoms with Crippen LogP contribution in [0.5, 0.6) is 0 Å². The summed E-state index contributed by atoms with van der Waals surface area (Å²) in [5.41, 5.74) is 18.3. The van der Waals surface area contributed by atoms with Crippen molar-refractivity contribution in [1.82, 2.24) is 4.48 Å².